The second-order valence-corrected chi connectivity index (χ2v) is 5.47. The van der Waals surface area contributed by atoms with Crippen LogP contribution in [-0.2, 0) is 9.53 Å². The zero-order valence-corrected chi connectivity index (χ0v) is 12.3. The van der Waals surface area contributed by atoms with Crippen LogP contribution in [0.3, 0.4) is 0 Å². The average Bonchev–Trinajstić information content (AvgIpc) is 2.30. The number of ether oxygens (including phenoxy) is 1. The molecule has 106 valence electrons. The highest BCUT2D eigenvalue weighted by Gasteiger charge is 2.10. The molecule has 1 unspecified atom stereocenters. The predicted molar refractivity (Wildman–Crippen MR) is 79.4 cm³/mol. The van der Waals surface area contributed by atoms with E-state index in [9.17, 15) is 4.79 Å². The molecule has 5 heteroatoms. The zero-order chi connectivity index (χ0) is 14.4. The van der Waals surface area contributed by atoms with Crippen molar-refractivity contribution >= 4 is 28.9 Å². The maximum atomic E-state index is 11.7. The standard InChI is InChI=1S/C14H21ClN2O2/c1-9(2)6-10(3)19-8-14(18)17-13-7-11(15)4-5-12(13)16/h4-5,7,9-10H,6,8,16H2,1-3H3,(H,17,18). The lowest BCUT2D eigenvalue weighted by Gasteiger charge is -2.15. The van der Waals surface area contributed by atoms with Gasteiger partial charge in [0.25, 0.3) is 0 Å². The maximum Gasteiger partial charge on any atom is 0.250 e. The number of amides is 1. The molecule has 0 saturated carbocycles. The van der Waals surface area contributed by atoms with Crippen molar-refractivity contribution in [3.8, 4) is 0 Å². The van der Waals surface area contributed by atoms with Crippen molar-refractivity contribution in [2.24, 2.45) is 5.92 Å². The number of carbonyl (C=O) groups is 1. The van der Waals surface area contributed by atoms with E-state index in [0.717, 1.165) is 6.42 Å². The lowest BCUT2D eigenvalue weighted by Crippen LogP contribution is -2.23. The summed E-state index contributed by atoms with van der Waals surface area (Å²) < 4.78 is 5.47. The van der Waals surface area contributed by atoms with Crippen molar-refractivity contribution in [1.29, 1.82) is 0 Å². The molecule has 1 aromatic rings. The van der Waals surface area contributed by atoms with Gasteiger partial charge in [-0.3, -0.25) is 4.79 Å². The number of nitrogen functional groups attached to an aromatic ring is 1. The fraction of sp³-hybridized carbons (Fsp3) is 0.500. The van der Waals surface area contributed by atoms with Crippen LogP contribution < -0.4 is 11.1 Å². The minimum absolute atomic E-state index is 0.0137. The van der Waals surface area contributed by atoms with Crippen molar-refractivity contribution in [1.82, 2.24) is 0 Å². The number of hydrogen-bond acceptors (Lipinski definition) is 3. The topological polar surface area (TPSA) is 64.3 Å². The van der Waals surface area contributed by atoms with Gasteiger partial charge in [0.15, 0.2) is 0 Å². The summed E-state index contributed by atoms with van der Waals surface area (Å²) in [6.07, 6.45) is 0.981. The maximum absolute atomic E-state index is 11.7. The number of halogens is 1. The van der Waals surface area contributed by atoms with E-state index in [4.69, 9.17) is 22.1 Å². The van der Waals surface area contributed by atoms with Crippen molar-refractivity contribution in [2.75, 3.05) is 17.7 Å². The summed E-state index contributed by atoms with van der Waals surface area (Å²) in [6, 6.07) is 4.94. The van der Waals surface area contributed by atoms with Crippen LogP contribution in [0.25, 0.3) is 0 Å². The van der Waals surface area contributed by atoms with Gasteiger partial charge in [0.2, 0.25) is 5.91 Å². The molecule has 4 nitrogen and oxygen atoms in total. The van der Waals surface area contributed by atoms with E-state index in [2.05, 4.69) is 19.2 Å². The lowest BCUT2D eigenvalue weighted by molar-refractivity contribution is -0.122. The highest BCUT2D eigenvalue weighted by atomic mass is 35.5. The van der Waals surface area contributed by atoms with Crippen molar-refractivity contribution in [2.45, 2.75) is 33.3 Å². The van der Waals surface area contributed by atoms with Gasteiger partial charge in [0, 0.05) is 5.02 Å². The molecule has 1 atom stereocenters. The van der Waals surface area contributed by atoms with E-state index in [1.54, 1.807) is 18.2 Å². The Morgan fingerprint density at radius 1 is 1.42 bits per heavy atom. The zero-order valence-electron chi connectivity index (χ0n) is 11.6. The molecule has 1 rings (SSSR count). The number of nitrogens with two attached hydrogens (primary N) is 1. The van der Waals surface area contributed by atoms with Gasteiger partial charge in [-0.25, -0.2) is 0 Å². The van der Waals surface area contributed by atoms with Crippen LogP contribution in [-0.4, -0.2) is 18.6 Å². The molecule has 0 aromatic heterocycles. The molecule has 0 spiro atoms. The van der Waals surface area contributed by atoms with Gasteiger partial charge < -0.3 is 15.8 Å². The Morgan fingerprint density at radius 3 is 2.74 bits per heavy atom. The Bertz CT molecular complexity index is 435. The highest BCUT2D eigenvalue weighted by molar-refractivity contribution is 6.31. The fourth-order valence-electron chi connectivity index (χ4n) is 1.77. The summed E-state index contributed by atoms with van der Waals surface area (Å²) >= 11 is 5.85. The molecule has 1 aromatic carbocycles. The molecular weight excluding hydrogens is 264 g/mol. The van der Waals surface area contributed by atoms with Crippen LogP contribution in [0.4, 0.5) is 11.4 Å². The van der Waals surface area contributed by atoms with Gasteiger partial charge >= 0.3 is 0 Å². The number of carbonyl (C=O) groups excluding carboxylic acids is 1. The molecule has 3 N–H and O–H groups in total. The molecule has 0 aliphatic rings. The normalized spacial score (nSPS) is 12.5. The summed E-state index contributed by atoms with van der Waals surface area (Å²) in [5, 5.41) is 3.21. The second kappa shape index (κ2) is 7.36. The minimum Gasteiger partial charge on any atom is -0.397 e. The Kier molecular flexibility index (Phi) is 6.12. The van der Waals surface area contributed by atoms with Crippen LogP contribution in [0.15, 0.2) is 18.2 Å². The highest BCUT2D eigenvalue weighted by Crippen LogP contribution is 2.22. The minimum atomic E-state index is -0.232. The van der Waals surface area contributed by atoms with E-state index in [1.165, 1.54) is 0 Å². The predicted octanol–water partition coefficient (Wildman–Crippen LogP) is 3.31. The number of benzene rings is 1. The molecular formula is C14H21ClN2O2. The molecule has 0 aliphatic heterocycles. The molecule has 0 saturated heterocycles. The largest absolute Gasteiger partial charge is 0.397 e. The van der Waals surface area contributed by atoms with E-state index in [1.807, 2.05) is 6.92 Å². The lowest BCUT2D eigenvalue weighted by atomic mass is 10.1. The van der Waals surface area contributed by atoms with E-state index < -0.39 is 0 Å². The first-order valence-electron chi connectivity index (χ1n) is 6.35. The first-order valence-corrected chi connectivity index (χ1v) is 6.72. The molecule has 0 aliphatic carbocycles. The van der Waals surface area contributed by atoms with Gasteiger partial charge in [-0.15, -0.1) is 0 Å². The molecule has 0 fully saturated rings. The summed E-state index contributed by atoms with van der Waals surface area (Å²) in [7, 11) is 0. The van der Waals surface area contributed by atoms with Crippen molar-refractivity contribution < 1.29 is 9.53 Å². The monoisotopic (exact) mass is 284 g/mol. The van der Waals surface area contributed by atoms with Gasteiger partial charge in [-0.1, -0.05) is 25.4 Å². The van der Waals surface area contributed by atoms with Crippen LogP contribution in [0.5, 0.6) is 0 Å². The van der Waals surface area contributed by atoms with Crippen molar-refractivity contribution in [3.63, 3.8) is 0 Å². The third-order valence-electron chi connectivity index (χ3n) is 2.59. The number of nitrogens with one attached hydrogen (secondary N) is 1. The average molecular weight is 285 g/mol. The quantitative estimate of drug-likeness (QED) is 0.788. The first kappa shape index (κ1) is 15.8. The molecule has 0 radical (unpaired) electrons. The molecule has 0 heterocycles. The molecule has 19 heavy (non-hydrogen) atoms. The van der Waals surface area contributed by atoms with Crippen molar-refractivity contribution in [3.05, 3.63) is 23.2 Å². The van der Waals surface area contributed by atoms with Gasteiger partial charge in [-0.05, 0) is 37.5 Å². The van der Waals surface area contributed by atoms with Crippen LogP contribution >= 0.6 is 11.6 Å². The van der Waals surface area contributed by atoms with E-state index in [0.29, 0.717) is 22.3 Å². The summed E-state index contributed by atoms with van der Waals surface area (Å²) in [6.45, 7) is 6.21. The third-order valence-corrected chi connectivity index (χ3v) is 2.83. The Hall–Kier alpha value is -1.26. The Balaban J connectivity index is 2.45. The van der Waals surface area contributed by atoms with Crippen LogP contribution in [0, 0.1) is 5.92 Å². The van der Waals surface area contributed by atoms with Crippen LogP contribution in [0.2, 0.25) is 5.02 Å². The summed E-state index contributed by atoms with van der Waals surface area (Å²) in [5.41, 5.74) is 6.74. The summed E-state index contributed by atoms with van der Waals surface area (Å²) in [5.74, 6) is 0.311. The number of anilines is 2. The van der Waals surface area contributed by atoms with E-state index in [-0.39, 0.29) is 18.6 Å². The molecule has 1 amide bonds. The van der Waals surface area contributed by atoms with Gasteiger partial charge in [-0.2, -0.15) is 0 Å². The number of hydrogen-bond donors (Lipinski definition) is 2. The SMILES string of the molecule is CC(C)CC(C)OCC(=O)Nc1cc(Cl)ccc1N. The van der Waals surface area contributed by atoms with Gasteiger partial charge in [0.1, 0.15) is 6.61 Å². The fourth-order valence-corrected chi connectivity index (χ4v) is 1.94. The summed E-state index contributed by atoms with van der Waals surface area (Å²) in [4.78, 5) is 11.7. The third kappa shape index (κ3) is 5.94. The molecule has 0 bridgehead atoms. The van der Waals surface area contributed by atoms with Gasteiger partial charge in [0.05, 0.1) is 17.5 Å². The first-order chi connectivity index (χ1) is 8.88. The Labute approximate surface area is 119 Å². The number of rotatable bonds is 6. The Morgan fingerprint density at radius 2 is 2.11 bits per heavy atom. The second-order valence-electron chi connectivity index (χ2n) is 5.03. The van der Waals surface area contributed by atoms with E-state index >= 15 is 0 Å². The van der Waals surface area contributed by atoms with Crippen LogP contribution in [0.1, 0.15) is 27.2 Å². The smallest absolute Gasteiger partial charge is 0.250 e.